The van der Waals surface area contributed by atoms with E-state index in [2.05, 4.69) is 187 Å². The highest BCUT2D eigenvalue weighted by molar-refractivity contribution is 5.78. The first kappa shape index (κ1) is 25.5. The maximum atomic E-state index is 2.46. The van der Waals surface area contributed by atoms with Crippen LogP contribution in [0.5, 0.6) is 0 Å². The molecular formula is C38H34N2. The van der Waals surface area contributed by atoms with Crippen molar-refractivity contribution in [2.75, 3.05) is 9.80 Å². The largest absolute Gasteiger partial charge is 0.311 e. The highest BCUT2D eigenvalue weighted by atomic mass is 15.4. The number of nitrogens with zero attached hydrogens (tertiary/aromatic N) is 2. The van der Waals surface area contributed by atoms with Gasteiger partial charge in [0.05, 0.1) is 0 Å². The Morgan fingerprint density at radius 2 is 0.850 bits per heavy atom. The summed E-state index contributed by atoms with van der Waals surface area (Å²) in [5, 5.41) is 0. The van der Waals surface area contributed by atoms with Gasteiger partial charge in [0.15, 0.2) is 5.66 Å². The quantitative estimate of drug-likeness (QED) is 0.156. The van der Waals surface area contributed by atoms with Crippen molar-refractivity contribution in [1.82, 2.24) is 0 Å². The van der Waals surface area contributed by atoms with E-state index in [1.54, 1.807) is 0 Å². The molecule has 2 nitrogen and oxygen atoms in total. The van der Waals surface area contributed by atoms with Crippen molar-refractivity contribution in [3.8, 4) is 0 Å². The Bertz CT molecular complexity index is 1520. The summed E-state index contributed by atoms with van der Waals surface area (Å²) >= 11 is 0. The van der Waals surface area contributed by atoms with Crippen molar-refractivity contribution in [2.24, 2.45) is 0 Å². The van der Waals surface area contributed by atoms with Crippen molar-refractivity contribution >= 4 is 22.7 Å². The van der Waals surface area contributed by atoms with Crippen LogP contribution in [0.4, 0.5) is 22.7 Å². The van der Waals surface area contributed by atoms with Gasteiger partial charge in [0, 0.05) is 28.7 Å². The lowest BCUT2D eigenvalue weighted by molar-refractivity contribution is 0.625. The van der Waals surface area contributed by atoms with E-state index in [9.17, 15) is 0 Å². The molecule has 0 radical (unpaired) electrons. The van der Waals surface area contributed by atoms with Gasteiger partial charge in [-0.25, -0.2) is 0 Å². The summed E-state index contributed by atoms with van der Waals surface area (Å²) in [6.07, 6.45) is 9.48. The zero-order chi connectivity index (χ0) is 27.4. The summed E-state index contributed by atoms with van der Waals surface area (Å²) < 4.78 is 0. The van der Waals surface area contributed by atoms with E-state index in [1.165, 1.54) is 16.7 Å². The maximum Gasteiger partial charge on any atom is 0.160 e. The number of hydrogen-bond donors (Lipinski definition) is 0. The fourth-order valence-electron chi connectivity index (χ4n) is 5.72. The third-order valence-corrected chi connectivity index (χ3v) is 7.55. The molecule has 0 amide bonds. The zero-order valence-electron chi connectivity index (χ0n) is 23.1. The number of rotatable bonds is 7. The average molecular weight is 519 g/mol. The number of benzene rings is 5. The summed E-state index contributed by atoms with van der Waals surface area (Å²) in [5.41, 5.74) is 7.56. The normalized spacial score (nSPS) is 14.2. The van der Waals surface area contributed by atoms with E-state index in [4.69, 9.17) is 0 Å². The third-order valence-electron chi connectivity index (χ3n) is 7.55. The molecule has 5 aromatic carbocycles. The van der Waals surface area contributed by atoms with Gasteiger partial charge in [-0.15, -0.1) is 0 Å². The standard InChI is InChI=1S/C38H34N2/c1-30-14-12-22-36(28-30)39(34-18-8-4-9-19-34)38(26-24-33(25-27-38)32-16-6-3-7-17-32)40(35-20-10-5-11-21-35)37-23-13-15-31(2)29-37/h3-29,33H,1-2H3. The first-order valence-electron chi connectivity index (χ1n) is 13.9. The molecule has 5 aromatic rings. The number of hydrogen-bond acceptors (Lipinski definition) is 2. The number of para-hydroxylation sites is 2. The van der Waals surface area contributed by atoms with Gasteiger partial charge in [-0.1, -0.05) is 103 Å². The van der Waals surface area contributed by atoms with Crippen molar-refractivity contribution in [1.29, 1.82) is 0 Å². The van der Waals surface area contributed by atoms with Crippen LogP contribution in [0, 0.1) is 13.8 Å². The van der Waals surface area contributed by atoms with Crippen LogP contribution in [-0.2, 0) is 0 Å². The molecule has 0 heterocycles. The van der Waals surface area contributed by atoms with Gasteiger partial charge in [0.1, 0.15) is 0 Å². The fourth-order valence-corrected chi connectivity index (χ4v) is 5.72. The molecule has 1 aliphatic carbocycles. The molecule has 0 saturated carbocycles. The van der Waals surface area contributed by atoms with Crippen LogP contribution >= 0.6 is 0 Å². The van der Waals surface area contributed by atoms with Crippen LogP contribution in [-0.4, -0.2) is 5.66 Å². The molecule has 0 unspecified atom stereocenters. The Kier molecular flexibility index (Phi) is 7.08. The topological polar surface area (TPSA) is 6.48 Å². The molecule has 6 rings (SSSR count). The molecule has 0 aromatic heterocycles. The Morgan fingerprint density at radius 3 is 1.27 bits per heavy atom. The van der Waals surface area contributed by atoms with Crippen LogP contribution < -0.4 is 9.80 Å². The van der Waals surface area contributed by atoms with E-state index >= 15 is 0 Å². The van der Waals surface area contributed by atoms with E-state index < -0.39 is 5.66 Å². The molecule has 0 saturated heterocycles. The molecule has 0 atom stereocenters. The van der Waals surface area contributed by atoms with Crippen LogP contribution in [0.15, 0.2) is 164 Å². The van der Waals surface area contributed by atoms with Crippen molar-refractivity contribution in [3.63, 3.8) is 0 Å². The Morgan fingerprint density at radius 1 is 0.450 bits per heavy atom. The van der Waals surface area contributed by atoms with Gasteiger partial charge >= 0.3 is 0 Å². The second-order valence-electron chi connectivity index (χ2n) is 10.5. The summed E-state index contributed by atoms with van der Waals surface area (Å²) in [5.74, 6) is 0.194. The van der Waals surface area contributed by atoms with Gasteiger partial charge in [0.2, 0.25) is 0 Å². The van der Waals surface area contributed by atoms with Gasteiger partial charge in [-0.05, 0) is 91.2 Å². The summed E-state index contributed by atoms with van der Waals surface area (Å²) in [6, 6.07) is 49.8. The Labute approximate surface area is 238 Å². The van der Waals surface area contributed by atoms with Crippen molar-refractivity contribution in [2.45, 2.75) is 25.4 Å². The predicted molar refractivity (Wildman–Crippen MR) is 170 cm³/mol. The highest BCUT2D eigenvalue weighted by Crippen LogP contribution is 2.46. The molecule has 0 N–H and O–H groups in total. The van der Waals surface area contributed by atoms with E-state index in [0.29, 0.717) is 0 Å². The minimum atomic E-state index is -0.671. The lowest BCUT2D eigenvalue weighted by atomic mass is 9.87. The molecule has 196 valence electrons. The van der Waals surface area contributed by atoms with Crippen molar-refractivity contribution in [3.05, 3.63) is 181 Å². The van der Waals surface area contributed by atoms with E-state index in [1.807, 2.05) is 0 Å². The van der Waals surface area contributed by atoms with Crippen LogP contribution in [0.3, 0.4) is 0 Å². The SMILES string of the molecule is Cc1cccc(N(c2ccccc2)C2(N(c3ccccc3)c3cccc(C)c3)C=CC(c3ccccc3)C=C2)c1. The van der Waals surface area contributed by atoms with Gasteiger partial charge in [-0.3, -0.25) is 0 Å². The minimum absolute atomic E-state index is 0.194. The molecule has 0 bridgehead atoms. The third kappa shape index (κ3) is 4.97. The number of allylic oxidation sites excluding steroid dienone is 2. The first-order chi connectivity index (χ1) is 19.6. The van der Waals surface area contributed by atoms with E-state index in [-0.39, 0.29) is 5.92 Å². The molecule has 1 aliphatic rings. The average Bonchev–Trinajstić information content (AvgIpc) is 3.00. The highest BCUT2D eigenvalue weighted by Gasteiger charge is 2.42. The maximum absolute atomic E-state index is 2.46. The molecule has 2 heteroatoms. The summed E-state index contributed by atoms with van der Waals surface area (Å²) in [4.78, 5) is 4.92. The second kappa shape index (κ2) is 11.1. The lowest BCUT2D eigenvalue weighted by Crippen LogP contribution is -2.56. The summed E-state index contributed by atoms with van der Waals surface area (Å²) in [6.45, 7) is 4.32. The van der Waals surface area contributed by atoms with Crippen LogP contribution in [0.1, 0.15) is 22.6 Å². The molecular weight excluding hydrogens is 484 g/mol. The zero-order valence-corrected chi connectivity index (χ0v) is 23.1. The van der Waals surface area contributed by atoms with Crippen LogP contribution in [0.25, 0.3) is 0 Å². The second-order valence-corrected chi connectivity index (χ2v) is 10.5. The fraction of sp³-hybridized carbons (Fsp3) is 0.105. The predicted octanol–water partition coefficient (Wildman–Crippen LogP) is 9.89. The minimum Gasteiger partial charge on any atom is -0.311 e. The number of aryl methyl sites for hydroxylation is 2. The number of anilines is 4. The van der Waals surface area contributed by atoms with Gasteiger partial charge < -0.3 is 9.80 Å². The Balaban J connectivity index is 1.64. The first-order valence-corrected chi connectivity index (χ1v) is 13.9. The molecule has 0 aliphatic heterocycles. The molecule has 0 fully saturated rings. The van der Waals surface area contributed by atoms with E-state index in [0.717, 1.165) is 22.7 Å². The smallest absolute Gasteiger partial charge is 0.160 e. The Hall–Kier alpha value is -4.82. The molecule has 40 heavy (non-hydrogen) atoms. The van der Waals surface area contributed by atoms with Crippen molar-refractivity contribution < 1.29 is 0 Å². The summed E-state index contributed by atoms with van der Waals surface area (Å²) in [7, 11) is 0. The lowest BCUT2D eigenvalue weighted by Gasteiger charge is -2.51. The monoisotopic (exact) mass is 518 g/mol. The molecule has 0 spiro atoms. The van der Waals surface area contributed by atoms with Gasteiger partial charge in [0.25, 0.3) is 0 Å². The van der Waals surface area contributed by atoms with Gasteiger partial charge in [-0.2, -0.15) is 0 Å². The van der Waals surface area contributed by atoms with Crippen LogP contribution in [0.2, 0.25) is 0 Å².